The van der Waals surface area contributed by atoms with E-state index in [-0.39, 0.29) is 16.5 Å². The topological polar surface area (TPSA) is 33.2 Å². The van der Waals surface area contributed by atoms with Gasteiger partial charge in [0.2, 0.25) is 0 Å². The molecule has 3 nitrogen and oxygen atoms in total. The summed E-state index contributed by atoms with van der Waals surface area (Å²) >= 11 is 5.84. The maximum Gasteiger partial charge on any atom is 0.406 e. The quantitative estimate of drug-likeness (QED) is 0.852. The van der Waals surface area contributed by atoms with Crippen molar-refractivity contribution in [2.24, 2.45) is 5.92 Å². The minimum Gasteiger partial charge on any atom is -0.327 e. The molecule has 1 atom stereocenters. The maximum absolute atomic E-state index is 12.7. The van der Waals surface area contributed by atoms with E-state index in [2.05, 4.69) is 4.98 Å². The number of hydrogen-bond acceptors (Lipinski definition) is 2. The number of carbonyl (C=O) groups is 1. The van der Waals surface area contributed by atoms with Crippen LogP contribution in [-0.2, 0) is 0 Å². The van der Waals surface area contributed by atoms with E-state index < -0.39 is 24.7 Å². The highest BCUT2D eigenvalue weighted by molar-refractivity contribution is 6.33. The summed E-state index contributed by atoms with van der Waals surface area (Å²) in [5, 5.41) is 0.0627. The zero-order chi connectivity index (χ0) is 14.9. The first-order valence-corrected chi connectivity index (χ1v) is 6.64. The number of aromatic nitrogens is 1. The number of nitrogens with zero attached hydrogens (tertiary/aromatic N) is 2. The fourth-order valence-corrected chi connectivity index (χ4v) is 2.33. The van der Waals surface area contributed by atoms with Gasteiger partial charge >= 0.3 is 6.18 Å². The minimum atomic E-state index is -4.43. The third-order valence-electron chi connectivity index (χ3n) is 3.41. The molecule has 0 saturated heterocycles. The van der Waals surface area contributed by atoms with Gasteiger partial charge in [0, 0.05) is 18.4 Å². The zero-order valence-corrected chi connectivity index (χ0v) is 11.6. The normalized spacial score (nSPS) is 16.9. The van der Waals surface area contributed by atoms with E-state index in [9.17, 15) is 18.0 Å². The van der Waals surface area contributed by atoms with Crippen LogP contribution >= 0.6 is 11.6 Å². The second-order valence-electron chi connectivity index (χ2n) is 4.98. The van der Waals surface area contributed by atoms with Crippen LogP contribution < -0.4 is 0 Å². The van der Waals surface area contributed by atoms with Crippen LogP contribution in [0, 0.1) is 5.92 Å². The van der Waals surface area contributed by atoms with Crippen LogP contribution in [-0.4, -0.2) is 34.6 Å². The van der Waals surface area contributed by atoms with Crippen molar-refractivity contribution in [3.8, 4) is 0 Å². The summed E-state index contributed by atoms with van der Waals surface area (Å²) in [4.78, 5) is 16.9. The summed E-state index contributed by atoms with van der Waals surface area (Å²) < 4.78 is 38.1. The van der Waals surface area contributed by atoms with E-state index in [1.54, 1.807) is 6.92 Å². The predicted molar refractivity (Wildman–Crippen MR) is 68.5 cm³/mol. The molecule has 1 aliphatic rings. The molecular weight excluding hydrogens is 293 g/mol. The van der Waals surface area contributed by atoms with Gasteiger partial charge < -0.3 is 4.90 Å². The monoisotopic (exact) mass is 306 g/mol. The van der Waals surface area contributed by atoms with Crippen LogP contribution in [0.1, 0.15) is 30.1 Å². The number of alkyl halides is 3. The van der Waals surface area contributed by atoms with E-state index in [0.717, 1.165) is 17.7 Å². The fourth-order valence-electron chi connectivity index (χ4n) is 2.13. The molecule has 0 bridgehead atoms. The molecule has 0 N–H and O–H groups in total. The highest BCUT2D eigenvalue weighted by Gasteiger charge is 2.41. The molecule has 1 fully saturated rings. The zero-order valence-electron chi connectivity index (χ0n) is 10.8. The number of pyridine rings is 1. The summed E-state index contributed by atoms with van der Waals surface area (Å²) in [6.45, 7) is 0.387. The van der Waals surface area contributed by atoms with Crippen molar-refractivity contribution in [2.45, 2.75) is 32.0 Å². The summed E-state index contributed by atoms with van der Waals surface area (Å²) in [6, 6.07) is 0.890. The summed E-state index contributed by atoms with van der Waals surface area (Å²) in [5.41, 5.74) is 0.0541. The van der Waals surface area contributed by atoms with Crippen molar-refractivity contribution in [1.82, 2.24) is 9.88 Å². The molecule has 0 aliphatic heterocycles. The SMILES string of the molecule is C[C@H](C1CC1)N(CC(F)(F)F)C(=O)c1ccncc1Cl. The largest absolute Gasteiger partial charge is 0.406 e. The molecule has 20 heavy (non-hydrogen) atoms. The van der Waals surface area contributed by atoms with Crippen molar-refractivity contribution in [2.75, 3.05) is 6.54 Å². The van der Waals surface area contributed by atoms with Gasteiger partial charge in [-0.2, -0.15) is 13.2 Å². The van der Waals surface area contributed by atoms with Crippen molar-refractivity contribution < 1.29 is 18.0 Å². The van der Waals surface area contributed by atoms with Gasteiger partial charge in [0.05, 0.1) is 10.6 Å². The van der Waals surface area contributed by atoms with Gasteiger partial charge in [0.25, 0.3) is 5.91 Å². The lowest BCUT2D eigenvalue weighted by Crippen LogP contribution is -2.45. The molecule has 1 aliphatic carbocycles. The number of halogens is 4. The fraction of sp³-hybridized carbons (Fsp3) is 0.538. The van der Waals surface area contributed by atoms with E-state index in [0.29, 0.717) is 0 Å². The van der Waals surface area contributed by atoms with Gasteiger partial charge in [-0.05, 0) is 31.7 Å². The van der Waals surface area contributed by atoms with Crippen LogP contribution in [0.25, 0.3) is 0 Å². The molecule has 0 radical (unpaired) electrons. The van der Waals surface area contributed by atoms with Gasteiger partial charge in [-0.15, -0.1) is 0 Å². The van der Waals surface area contributed by atoms with Crippen LogP contribution in [0.4, 0.5) is 13.2 Å². The Morgan fingerprint density at radius 2 is 2.20 bits per heavy atom. The van der Waals surface area contributed by atoms with E-state index in [4.69, 9.17) is 11.6 Å². The average Bonchev–Trinajstić information content (AvgIpc) is 3.18. The Hall–Kier alpha value is -1.30. The smallest absolute Gasteiger partial charge is 0.327 e. The Morgan fingerprint density at radius 1 is 1.55 bits per heavy atom. The lowest BCUT2D eigenvalue weighted by molar-refractivity contribution is -0.144. The van der Waals surface area contributed by atoms with Crippen LogP contribution in [0.15, 0.2) is 18.5 Å². The van der Waals surface area contributed by atoms with Crippen molar-refractivity contribution >= 4 is 17.5 Å². The van der Waals surface area contributed by atoms with E-state index in [1.165, 1.54) is 18.5 Å². The Kier molecular flexibility index (Phi) is 4.22. The molecule has 1 aromatic rings. The first-order valence-electron chi connectivity index (χ1n) is 6.27. The van der Waals surface area contributed by atoms with Crippen molar-refractivity contribution in [3.05, 3.63) is 29.0 Å². The molecule has 0 spiro atoms. The Labute approximate surface area is 119 Å². The van der Waals surface area contributed by atoms with Gasteiger partial charge in [-0.3, -0.25) is 9.78 Å². The van der Waals surface area contributed by atoms with Crippen LogP contribution in [0.5, 0.6) is 0 Å². The molecular formula is C13H14ClF3N2O. The lowest BCUT2D eigenvalue weighted by Gasteiger charge is -2.30. The van der Waals surface area contributed by atoms with Gasteiger partial charge in [0.15, 0.2) is 0 Å². The summed E-state index contributed by atoms with van der Waals surface area (Å²) in [6.07, 6.45) is -0.132. The highest BCUT2D eigenvalue weighted by Crippen LogP contribution is 2.37. The van der Waals surface area contributed by atoms with Gasteiger partial charge in [-0.25, -0.2) is 0 Å². The predicted octanol–water partition coefficient (Wildman–Crippen LogP) is 3.54. The van der Waals surface area contributed by atoms with Crippen LogP contribution in [0.3, 0.4) is 0 Å². The summed E-state index contributed by atoms with van der Waals surface area (Å²) in [5.74, 6) is -0.559. The first kappa shape index (κ1) is 15.1. The second-order valence-corrected chi connectivity index (χ2v) is 5.39. The molecule has 1 heterocycles. The average molecular weight is 307 g/mol. The lowest BCUT2D eigenvalue weighted by atomic mass is 10.1. The third kappa shape index (κ3) is 3.62. The second kappa shape index (κ2) is 5.60. The molecule has 7 heteroatoms. The van der Waals surface area contributed by atoms with E-state index >= 15 is 0 Å². The first-order chi connectivity index (χ1) is 9.29. The van der Waals surface area contributed by atoms with Gasteiger partial charge in [-0.1, -0.05) is 11.6 Å². The van der Waals surface area contributed by atoms with Gasteiger partial charge in [0.1, 0.15) is 6.54 Å². The molecule has 0 aromatic carbocycles. The number of carbonyl (C=O) groups excluding carboxylic acids is 1. The molecule has 110 valence electrons. The molecule has 2 rings (SSSR count). The van der Waals surface area contributed by atoms with Crippen LogP contribution in [0.2, 0.25) is 5.02 Å². The highest BCUT2D eigenvalue weighted by atomic mass is 35.5. The van der Waals surface area contributed by atoms with Crippen molar-refractivity contribution in [1.29, 1.82) is 0 Å². The Balaban J connectivity index is 2.25. The van der Waals surface area contributed by atoms with Crippen molar-refractivity contribution in [3.63, 3.8) is 0 Å². The molecule has 1 amide bonds. The molecule has 0 unspecified atom stereocenters. The standard InChI is InChI=1S/C13H14ClF3N2O/c1-8(9-2-3-9)19(7-13(15,16)17)12(20)10-4-5-18-6-11(10)14/h4-6,8-9H,2-3,7H2,1H3/t8-/m1/s1. The number of hydrogen-bond donors (Lipinski definition) is 0. The maximum atomic E-state index is 12.7. The molecule has 1 aromatic heterocycles. The number of amides is 1. The number of rotatable bonds is 4. The third-order valence-corrected chi connectivity index (χ3v) is 3.71. The Bertz CT molecular complexity index is 503. The minimum absolute atomic E-state index is 0.0541. The van der Waals surface area contributed by atoms with E-state index in [1.807, 2.05) is 0 Å². The Morgan fingerprint density at radius 3 is 2.70 bits per heavy atom. The molecule has 1 saturated carbocycles. The summed E-state index contributed by atoms with van der Waals surface area (Å²) in [7, 11) is 0.